The first kappa shape index (κ1) is 22.4. The summed E-state index contributed by atoms with van der Waals surface area (Å²) in [4.78, 5) is 24.4. The Morgan fingerprint density at radius 1 is 1.00 bits per heavy atom. The molecule has 2 rings (SSSR count). The molecule has 0 bridgehead atoms. The Balaban J connectivity index is 1.88. The number of amides is 2. The van der Waals surface area contributed by atoms with Gasteiger partial charge in [-0.3, -0.25) is 9.59 Å². The van der Waals surface area contributed by atoms with Crippen LogP contribution in [0.25, 0.3) is 0 Å². The second kappa shape index (κ2) is 10.6. The maximum atomic E-state index is 13.2. The van der Waals surface area contributed by atoms with Crippen LogP contribution in [-0.2, 0) is 16.0 Å². The van der Waals surface area contributed by atoms with E-state index in [2.05, 4.69) is 10.6 Å². The lowest BCUT2D eigenvalue weighted by molar-refractivity contribution is -0.134. The third-order valence-corrected chi connectivity index (χ3v) is 4.39. The van der Waals surface area contributed by atoms with Gasteiger partial charge in [-0.1, -0.05) is 30.3 Å². The fourth-order valence-corrected chi connectivity index (χ4v) is 2.76. The SMILES string of the molecule is C[C@H](NC(=O)[C@@H](O)c1cc(F)cc(F)c1)C(=O)N[C@H](CO)CCc1ccccc1. The predicted octanol–water partition coefficient (Wildman–Crippen LogP) is 1.61. The van der Waals surface area contributed by atoms with Crippen LogP contribution in [-0.4, -0.2) is 40.7 Å². The third kappa shape index (κ3) is 6.92. The second-order valence-electron chi connectivity index (χ2n) is 6.75. The fourth-order valence-electron chi connectivity index (χ4n) is 2.76. The number of aliphatic hydroxyl groups is 2. The van der Waals surface area contributed by atoms with Gasteiger partial charge >= 0.3 is 0 Å². The summed E-state index contributed by atoms with van der Waals surface area (Å²) in [6.45, 7) is 1.13. The molecule has 0 saturated heterocycles. The highest BCUT2D eigenvalue weighted by Gasteiger charge is 2.24. The van der Waals surface area contributed by atoms with E-state index in [0.29, 0.717) is 18.9 Å². The van der Waals surface area contributed by atoms with E-state index < -0.39 is 41.6 Å². The zero-order valence-corrected chi connectivity index (χ0v) is 15.9. The molecule has 0 aliphatic rings. The van der Waals surface area contributed by atoms with Crippen molar-refractivity contribution in [2.75, 3.05) is 6.61 Å². The van der Waals surface area contributed by atoms with Gasteiger partial charge in [0.05, 0.1) is 12.6 Å². The van der Waals surface area contributed by atoms with Crippen molar-refractivity contribution in [2.24, 2.45) is 0 Å². The molecule has 0 unspecified atom stereocenters. The van der Waals surface area contributed by atoms with Crippen molar-refractivity contribution in [2.45, 2.75) is 38.0 Å². The highest BCUT2D eigenvalue weighted by Crippen LogP contribution is 2.16. The molecule has 2 amide bonds. The lowest BCUT2D eigenvalue weighted by Gasteiger charge is -2.21. The number of aryl methyl sites for hydroxylation is 1. The van der Waals surface area contributed by atoms with Gasteiger partial charge in [0.25, 0.3) is 5.91 Å². The smallest absolute Gasteiger partial charge is 0.254 e. The molecule has 29 heavy (non-hydrogen) atoms. The van der Waals surface area contributed by atoms with E-state index in [1.54, 1.807) is 0 Å². The average Bonchev–Trinajstić information content (AvgIpc) is 2.70. The summed E-state index contributed by atoms with van der Waals surface area (Å²) in [5.41, 5.74) is 0.802. The minimum Gasteiger partial charge on any atom is -0.394 e. The van der Waals surface area contributed by atoms with E-state index in [9.17, 15) is 28.6 Å². The summed E-state index contributed by atoms with van der Waals surface area (Å²) < 4.78 is 26.5. The number of rotatable bonds is 9. The van der Waals surface area contributed by atoms with Crippen molar-refractivity contribution in [1.29, 1.82) is 0 Å². The van der Waals surface area contributed by atoms with E-state index in [0.717, 1.165) is 17.7 Å². The molecule has 2 aromatic carbocycles. The van der Waals surface area contributed by atoms with Crippen LogP contribution in [0.4, 0.5) is 8.78 Å². The maximum absolute atomic E-state index is 13.2. The average molecular weight is 406 g/mol. The van der Waals surface area contributed by atoms with E-state index in [4.69, 9.17) is 0 Å². The number of hydrogen-bond donors (Lipinski definition) is 4. The maximum Gasteiger partial charge on any atom is 0.254 e. The Morgan fingerprint density at radius 3 is 2.21 bits per heavy atom. The number of carbonyl (C=O) groups excluding carboxylic acids is 2. The molecule has 0 heterocycles. The lowest BCUT2D eigenvalue weighted by Crippen LogP contribution is -2.50. The van der Waals surface area contributed by atoms with Crippen LogP contribution in [0.5, 0.6) is 0 Å². The number of hydrogen-bond acceptors (Lipinski definition) is 4. The summed E-state index contributed by atoms with van der Waals surface area (Å²) in [6, 6.07) is 10.3. The minimum atomic E-state index is -1.83. The highest BCUT2D eigenvalue weighted by atomic mass is 19.1. The van der Waals surface area contributed by atoms with Gasteiger partial charge in [0, 0.05) is 6.07 Å². The van der Waals surface area contributed by atoms with Gasteiger partial charge in [-0.15, -0.1) is 0 Å². The van der Waals surface area contributed by atoms with Gasteiger partial charge in [0.1, 0.15) is 17.7 Å². The first-order valence-electron chi connectivity index (χ1n) is 9.19. The molecular formula is C21H24F2N2O4. The second-order valence-corrected chi connectivity index (χ2v) is 6.75. The molecule has 0 fully saturated rings. The predicted molar refractivity (Wildman–Crippen MR) is 103 cm³/mol. The number of benzene rings is 2. The fraction of sp³-hybridized carbons (Fsp3) is 0.333. The van der Waals surface area contributed by atoms with E-state index in [1.165, 1.54) is 6.92 Å². The zero-order chi connectivity index (χ0) is 21.4. The Labute approximate surface area is 167 Å². The Bertz CT molecular complexity index is 812. The number of halogens is 2. The largest absolute Gasteiger partial charge is 0.394 e. The summed E-state index contributed by atoms with van der Waals surface area (Å²) in [5, 5.41) is 24.4. The molecule has 0 aromatic heterocycles. The molecule has 6 nitrogen and oxygen atoms in total. The van der Waals surface area contributed by atoms with Gasteiger partial charge in [0.15, 0.2) is 6.10 Å². The molecule has 0 radical (unpaired) electrons. The van der Waals surface area contributed by atoms with Gasteiger partial charge in [-0.25, -0.2) is 8.78 Å². The van der Waals surface area contributed by atoms with E-state index in [1.807, 2.05) is 30.3 Å². The molecule has 0 aliphatic heterocycles. The Morgan fingerprint density at radius 2 is 1.62 bits per heavy atom. The van der Waals surface area contributed by atoms with E-state index in [-0.39, 0.29) is 12.2 Å². The van der Waals surface area contributed by atoms with Crippen molar-refractivity contribution in [1.82, 2.24) is 10.6 Å². The molecule has 0 aliphatic carbocycles. The van der Waals surface area contributed by atoms with Crippen LogP contribution in [0.1, 0.15) is 30.6 Å². The lowest BCUT2D eigenvalue weighted by atomic mass is 10.1. The zero-order valence-electron chi connectivity index (χ0n) is 15.9. The van der Waals surface area contributed by atoms with Gasteiger partial charge in [0.2, 0.25) is 5.91 Å². The van der Waals surface area contributed by atoms with Crippen LogP contribution in [0.3, 0.4) is 0 Å². The summed E-state index contributed by atoms with van der Waals surface area (Å²) in [7, 11) is 0. The van der Waals surface area contributed by atoms with Crippen molar-refractivity contribution >= 4 is 11.8 Å². The van der Waals surface area contributed by atoms with Crippen LogP contribution in [0, 0.1) is 11.6 Å². The van der Waals surface area contributed by atoms with Gasteiger partial charge in [-0.05, 0) is 43.0 Å². The summed E-state index contributed by atoms with van der Waals surface area (Å²) >= 11 is 0. The summed E-state index contributed by atoms with van der Waals surface area (Å²) in [5.74, 6) is -3.38. The quantitative estimate of drug-likeness (QED) is 0.509. The molecule has 0 saturated carbocycles. The Kier molecular flexibility index (Phi) is 8.23. The van der Waals surface area contributed by atoms with Crippen molar-refractivity contribution in [3.8, 4) is 0 Å². The molecule has 8 heteroatoms. The Hall–Kier alpha value is -2.84. The van der Waals surface area contributed by atoms with Crippen LogP contribution in [0.15, 0.2) is 48.5 Å². The van der Waals surface area contributed by atoms with Crippen LogP contribution >= 0.6 is 0 Å². The first-order chi connectivity index (χ1) is 13.8. The van der Waals surface area contributed by atoms with Gasteiger partial charge in [-0.2, -0.15) is 0 Å². The molecule has 3 atom stereocenters. The van der Waals surface area contributed by atoms with Crippen molar-refractivity contribution in [3.05, 3.63) is 71.3 Å². The monoisotopic (exact) mass is 406 g/mol. The molecular weight excluding hydrogens is 382 g/mol. The van der Waals surface area contributed by atoms with Gasteiger partial charge < -0.3 is 20.8 Å². The number of carbonyl (C=O) groups is 2. The number of aliphatic hydroxyl groups excluding tert-OH is 2. The summed E-state index contributed by atoms with van der Waals surface area (Å²) in [6.07, 6.45) is -0.683. The van der Waals surface area contributed by atoms with Crippen LogP contribution < -0.4 is 10.6 Å². The molecule has 0 spiro atoms. The van der Waals surface area contributed by atoms with Crippen LogP contribution in [0.2, 0.25) is 0 Å². The molecule has 2 aromatic rings. The first-order valence-corrected chi connectivity index (χ1v) is 9.19. The normalized spacial score (nSPS) is 14.0. The van der Waals surface area contributed by atoms with Crippen molar-refractivity contribution < 1.29 is 28.6 Å². The highest BCUT2D eigenvalue weighted by molar-refractivity contribution is 5.89. The third-order valence-electron chi connectivity index (χ3n) is 4.39. The van der Waals surface area contributed by atoms with Crippen molar-refractivity contribution in [3.63, 3.8) is 0 Å². The topological polar surface area (TPSA) is 98.7 Å². The number of nitrogens with one attached hydrogen (secondary N) is 2. The molecule has 4 N–H and O–H groups in total. The molecule has 156 valence electrons. The van der Waals surface area contributed by atoms with E-state index >= 15 is 0 Å². The standard InChI is InChI=1S/C21H24F2N2O4/c1-13(24-21(29)19(27)15-9-16(22)11-17(23)10-15)20(28)25-18(12-26)8-7-14-5-3-2-4-6-14/h2-6,9-11,13,18-19,26-27H,7-8,12H2,1H3,(H,24,29)(H,25,28)/t13-,18-,19-/m0/s1. The minimum absolute atomic E-state index is 0.260.